The van der Waals surface area contributed by atoms with Crippen molar-refractivity contribution in [2.24, 2.45) is 0 Å². The van der Waals surface area contributed by atoms with E-state index >= 15 is 0 Å². The highest BCUT2D eigenvalue weighted by molar-refractivity contribution is 7.89. The van der Waals surface area contributed by atoms with Crippen LogP contribution >= 0.6 is 11.3 Å². The minimum Gasteiger partial charge on any atom is -0.312 e. The molecule has 31 heavy (non-hydrogen) atoms. The van der Waals surface area contributed by atoms with Crippen LogP contribution in [0.1, 0.15) is 24.5 Å². The third-order valence-electron chi connectivity index (χ3n) is 5.07. The molecule has 1 aromatic heterocycles. The Morgan fingerprint density at radius 3 is 2.77 bits per heavy atom. The summed E-state index contributed by atoms with van der Waals surface area (Å²) in [4.78, 5) is 30.0. The lowest BCUT2D eigenvalue weighted by atomic mass is 10.2. The summed E-state index contributed by atoms with van der Waals surface area (Å²) in [5.74, 6) is -0.383. The highest BCUT2D eigenvalue weighted by Gasteiger charge is 2.24. The Balaban J connectivity index is 1.35. The molecule has 1 aliphatic rings. The molecule has 0 aliphatic carbocycles. The number of benzene rings is 2. The second kappa shape index (κ2) is 8.37. The molecule has 1 aliphatic heterocycles. The molecule has 0 bridgehead atoms. The Hall–Kier alpha value is -2.82. The van der Waals surface area contributed by atoms with Gasteiger partial charge in [-0.1, -0.05) is 17.4 Å². The van der Waals surface area contributed by atoms with Crippen molar-refractivity contribution in [3.63, 3.8) is 0 Å². The van der Waals surface area contributed by atoms with Crippen LogP contribution in [0.5, 0.6) is 0 Å². The van der Waals surface area contributed by atoms with E-state index in [0.29, 0.717) is 18.1 Å². The van der Waals surface area contributed by atoms with Crippen LogP contribution in [-0.2, 0) is 26.0 Å². The number of sulfonamides is 1. The van der Waals surface area contributed by atoms with Gasteiger partial charge in [0.1, 0.15) is 0 Å². The van der Waals surface area contributed by atoms with Crippen molar-refractivity contribution < 1.29 is 18.0 Å². The molecule has 0 spiro atoms. The zero-order valence-corrected chi connectivity index (χ0v) is 18.8. The van der Waals surface area contributed by atoms with Crippen LogP contribution in [0, 0.1) is 6.92 Å². The van der Waals surface area contributed by atoms with Crippen molar-refractivity contribution in [1.82, 2.24) is 9.71 Å². The highest BCUT2D eigenvalue weighted by Crippen LogP contribution is 2.30. The van der Waals surface area contributed by atoms with Gasteiger partial charge in [0.05, 0.1) is 15.1 Å². The number of nitrogens with one attached hydrogen (secondary N) is 2. The first-order valence-electron chi connectivity index (χ1n) is 9.81. The normalized spacial score (nSPS) is 13.4. The fourth-order valence-electron chi connectivity index (χ4n) is 3.52. The Labute approximate surface area is 184 Å². The van der Waals surface area contributed by atoms with Crippen molar-refractivity contribution >= 4 is 54.2 Å². The van der Waals surface area contributed by atoms with Crippen LogP contribution in [0.4, 0.5) is 10.8 Å². The number of fused-ring (bicyclic) bond motifs is 2. The fraction of sp³-hybridized carbons (Fsp3) is 0.286. The summed E-state index contributed by atoms with van der Waals surface area (Å²) in [7, 11) is -3.76. The number of hydrogen-bond acceptors (Lipinski definition) is 6. The molecule has 2 N–H and O–H groups in total. The largest absolute Gasteiger partial charge is 0.312 e. The van der Waals surface area contributed by atoms with Crippen LogP contribution in [-0.4, -0.2) is 38.3 Å². The lowest BCUT2D eigenvalue weighted by molar-refractivity contribution is -0.117. The van der Waals surface area contributed by atoms with E-state index in [-0.39, 0.29) is 29.7 Å². The molecule has 2 aromatic carbocycles. The Kier molecular flexibility index (Phi) is 5.78. The molecule has 0 unspecified atom stereocenters. The van der Waals surface area contributed by atoms with Gasteiger partial charge in [-0.25, -0.2) is 18.1 Å². The molecule has 2 heterocycles. The van der Waals surface area contributed by atoms with E-state index in [4.69, 9.17) is 0 Å². The number of thiazole rings is 1. The topological polar surface area (TPSA) is 108 Å². The third-order valence-corrected chi connectivity index (χ3v) is 7.46. The molecule has 2 amide bonds. The Morgan fingerprint density at radius 2 is 2.00 bits per heavy atom. The van der Waals surface area contributed by atoms with Gasteiger partial charge in [-0.15, -0.1) is 0 Å². The van der Waals surface area contributed by atoms with E-state index in [1.54, 1.807) is 17.0 Å². The molecule has 0 saturated carbocycles. The number of carbonyl (C=O) groups excluding carboxylic acids is 2. The van der Waals surface area contributed by atoms with Crippen molar-refractivity contribution in [3.05, 3.63) is 47.5 Å². The maximum Gasteiger partial charge on any atom is 0.240 e. The Morgan fingerprint density at radius 1 is 1.19 bits per heavy atom. The number of nitrogens with zero attached hydrogens (tertiary/aromatic N) is 2. The Bertz CT molecular complexity index is 1280. The van der Waals surface area contributed by atoms with Crippen LogP contribution in [0.3, 0.4) is 0 Å². The van der Waals surface area contributed by atoms with E-state index < -0.39 is 10.0 Å². The van der Waals surface area contributed by atoms with E-state index in [2.05, 4.69) is 15.0 Å². The standard InChI is InChI=1S/C21H22N4O4S2/c1-13-3-5-17-19(11-13)30-21(23-17)24-20(27)7-9-22-31(28,29)16-4-6-18-15(12-16)8-10-25(18)14(2)26/h3-6,11-12,22H,7-10H2,1-2H3,(H,23,24,27). The molecule has 0 fully saturated rings. The lowest BCUT2D eigenvalue weighted by Crippen LogP contribution is -2.28. The maximum absolute atomic E-state index is 12.6. The number of aromatic nitrogens is 1. The zero-order valence-electron chi connectivity index (χ0n) is 17.1. The highest BCUT2D eigenvalue weighted by atomic mass is 32.2. The monoisotopic (exact) mass is 458 g/mol. The van der Waals surface area contributed by atoms with Gasteiger partial charge in [0.25, 0.3) is 0 Å². The first-order valence-corrected chi connectivity index (χ1v) is 12.1. The molecular weight excluding hydrogens is 436 g/mol. The molecule has 0 atom stereocenters. The number of rotatable bonds is 6. The van der Waals surface area contributed by atoms with Crippen molar-refractivity contribution in [2.45, 2.75) is 31.6 Å². The average Bonchev–Trinajstić information content (AvgIpc) is 3.30. The molecule has 10 heteroatoms. The van der Waals surface area contributed by atoms with Crippen LogP contribution in [0.15, 0.2) is 41.3 Å². The van der Waals surface area contributed by atoms with Crippen molar-refractivity contribution in [1.29, 1.82) is 0 Å². The van der Waals surface area contributed by atoms with E-state index in [1.807, 2.05) is 25.1 Å². The smallest absolute Gasteiger partial charge is 0.240 e. The van der Waals surface area contributed by atoms with Gasteiger partial charge in [0.2, 0.25) is 21.8 Å². The summed E-state index contributed by atoms with van der Waals surface area (Å²) in [6, 6.07) is 10.6. The summed E-state index contributed by atoms with van der Waals surface area (Å²) < 4.78 is 28.7. The summed E-state index contributed by atoms with van der Waals surface area (Å²) in [6.07, 6.45) is 0.597. The number of amides is 2. The van der Waals surface area contributed by atoms with Gasteiger partial charge in [-0.3, -0.25) is 9.59 Å². The number of hydrogen-bond donors (Lipinski definition) is 2. The first kappa shape index (κ1) is 21.4. The van der Waals surface area contributed by atoms with Gasteiger partial charge in [-0.2, -0.15) is 0 Å². The minimum atomic E-state index is -3.76. The van der Waals surface area contributed by atoms with E-state index in [0.717, 1.165) is 27.0 Å². The second-order valence-electron chi connectivity index (χ2n) is 7.40. The van der Waals surface area contributed by atoms with Crippen molar-refractivity contribution in [3.8, 4) is 0 Å². The van der Waals surface area contributed by atoms with Gasteiger partial charge in [0.15, 0.2) is 5.13 Å². The zero-order chi connectivity index (χ0) is 22.2. The van der Waals surface area contributed by atoms with Crippen LogP contribution in [0.2, 0.25) is 0 Å². The van der Waals surface area contributed by atoms with Crippen LogP contribution in [0.25, 0.3) is 10.2 Å². The number of anilines is 2. The number of carbonyl (C=O) groups is 2. The summed E-state index contributed by atoms with van der Waals surface area (Å²) >= 11 is 1.38. The molecule has 3 aromatic rings. The van der Waals surface area contributed by atoms with E-state index in [9.17, 15) is 18.0 Å². The van der Waals surface area contributed by atoms with Crippen molar-refractivity contribution in [2.75, 3.05) is 23.3 Å². The number of aryl methyl sites for hydroxylation is 1. The molecular formula is C21H22N4O4S2. The third kappa shape index (κ3) is 4.60. The second-order valence-corrected chi connectivity index (χ2v) is 10.2. The van der Waals surface area contributed by atoms with Crippen LogP contribution < -0.4 is 14.9 Å². The predicted molar refractivity (Wildman–Crippen MR) is 121 cm³/mol. The van der Waals surface area contributed by atoms with Gasteiger partial charge in [0, 0.05) is 32.1 Å². The predicted octanol–water partition coefficient (Wildman–Crippen LogP) is 2.82. The molecule has 0 saturated heterocycles. The maximum atomic E-state index is 12.6. The van der Waals surface area contributed by atoms with E-state index in [1.165, 1.54) is 24.3 Å². The quantitative estimate of drug-likeness (QED) is 0.590. The van der Waals surface area contributed by atoms with Gasteiger partial charge in [-0.05, 0) is 54.8 Å². The molecule has 162 valence electrons. The summed E-state index contributed by atoms with van der Waals surface area (Å²) in [5, 5.41) is 3.21. The lowest BCUT2D eigenvalue weighted by Gasteiger charge is -2.15. The fourth-order valence-corrected chi connectivity index (χ4v) is 5.58. The summed E-state index contributed by atoms with van der Waals surface area (Å²) in [6.45, 7) is 3.99. The van der Waals surface area contributed by atoms with Gasteiger partial charge >= 0.3 is 0 Å². The first-order chi connectivity index (χ1) is 14.7. The average molecular weight is 459 g/mol. The minimum absolute atomic E-state index is 0.0166. The molecule has 8 nitrogen and oxygen atoms in total. The molecule has 0 radical (unpaired) electrons. The molecule has 4 rings (SSSR count). The summed E-state index contributed by atoms with van der Waals surface area (Å²) in [5.41, 5.74) is 3.49. The SMILES string of the molecule is CC(=O)N1CCc2cc(S(=O)(=O)NCCC(=O)Nc3nc4ccc(C)cc4s3)ccc21. The van der Waals surface area contributed by atoms with Gasteiger partial charge < -0.3 is 10.2 Å².